The van der Waals surface area contributed by atoms with Gasteiger partial charge in [-0.1, -0.05) is 25.4 Å². The van der Waals surface area contributed by atoms with Gasteiger partial charge in [0.1, 0.15) is 5.75 Å². The van der Waals surface area contributed by atoms with Gasteiger partial charge in [-0.2, -0.15) is 0 Å². The first-order valence-corrected chi connectivity index (χ1v) is 11.1. The van der Waals surface area contributed by atoms with E-state index in [2.05, 4.69) is 36.2 Å². The van der Waals surface area contributed by atoms with Gasteiger partial charge in [0.15, 0.2) is 0 Å². The summed E-state index contributed by atoms with van der Waals surface area (Å²) in [4.78, 5) is 7.44. The van der Waals surface area contributed by atoms with Crippen molar-refractivity contribution in [3.05, 3.63) is 41.4 Å². The van der Waals surface area contributed by atoms with Crippen LogP contribution in [0.4, 0.5) is 5.69 Å². The smallest absolute Gasteiger partial charge is 0.119 e. The van der Waals surface area contributed by atoms with E-state index in [4.69, 9.17) is 21.3 Å². The van der Waals surface area contributed by atoms with Crippen molar-refractivity contribution in [2.45, 2.75) is 51.6 Å². The highest BCUT2D eigenvalue weighted by Crippen LogP contribution is 2.36. The molecule has 1 N–H and O–H groups in total. The van der Waals surface area contributed by atoms with Crippen molar-refractivity contribution in [3.63, 3.8) is 0 Å². The second-order valence-electron chi connectivity index (χ2n) is 7.90. The van der Waals surface area contributed by atoms with E-state index in [-0.39, 0.29) is 0 Å². The molecule has 1 aliphatic carbocycles. The predicted molar refractivity (Wildman–Crippen MR) is 123 cm³/mol. The zero-order chi connectivity index (χ0) is 20.4. The third-order valence-electron chi connectivity index (χ3n) is 6.32. The van der Waals surface area contributed by atoms with Gasteiger partial charge in [-0.15, -0.1) is 0 Å². The molecule has 0 aliphatic heterocycles. The first-order chi connectivity index (χ1) is 14.1. The zero-order valence-corrected chi connectivity index (χ0v) is 18.3. The van der Waals surface area contributed by atoms with E-state index in [9.17, 15) is 0 Å². The molecule has 0 bridgehead atoms. The second kappa shape index (κ2) is 8.76. The van der Waals surface area contributed by atoms with Gasteiger partial charge in [0.2, 0.25) is 0 Å². The Bertz CT molecular complexity index is 994. The van der Waals surface area contributed by atoms with Gasteiger partial charge in [-0.05, 0) is 75.2 Å². The molecule has 154 valence electrons. The Morgan fingerprint density at radius 3 is 2.45 bits per heavy atom. The van der Waals surface area contributed by atoms with E-state index in [0.29, 0.717) is 17.1 Å². The fraction of sp³-hybridized carbons (Fsp3) is 0.458. The molecule has 4 rings (SSSR count). The van der Waals surface area contributed by atoms with Crippen LogP contribution in [-0.2, 0) is 0 Å². The number of benzene rings is 2. The maximum absolute atomic E-state index is 6.25. The van der Waals surface area contributed by atoms with Gasteiger partial charge in [0.25, 0.3) is 0 Å². The summed E-state index contributed by atoms with van der Waals surface area (Å²) in [7, 11) is 1.71. The summed E-state index contributed by atoms with van der Waals surface area (Å²) in [6.07, 6.45) is 4.86. The lowest BCUT2D eigenvalue weighted by Crippen LogP contribution is -2.40. The first-order valence-electron chi connectivity index (χ1n) is 10.7. The van der Waals surface area contributed by atoms with Crippen LogP contribution in [-0.4, -0.2) is 42.2 Å². The highest BCUT2D eigenvalue weighted by atomic mass is 35.5. The molecule has 29 heavy (non-hydrogen) atoms. The lowest BCUT2D eigenvalue weighted by molar-refractivity contribution is 0.167. The van der Waals surface area contributed by atoms with E-state index in [1.165, 1.54) is 25.7 Å². The maximum Gasteiger partial charge on any atom is 0.119 e. The van der Waals surface area contributed by atoms with E-state index < -0.39 is 0 Å². The van der Waals surface area contributed by atoms with Crippen LogP contribution in [0.1, 0.15) is 39.5 Å². The number of anilines is 1. The SMILES string of the molecule is CCN(CC)C1CCC(Nc2c3ccc(Cl)cc3nc3ccc(OC)cc23)CC1. The molecular weight excluding hydrogens is 382 g/mol. The van der Waals surface area contributed by atoms with Crippen LogP contribution in [0.15, 0.2) is 36.4 Å². The minimum atomic E-state index is 0.470. The number of methoxy groups -OCH3 is 1. The van der Waals surface area contributed by atoms with Crippen molar-refractivity contribution in [2.24, 2.45) is 0 Å². The number of fused-ring (bicyclic) bond motifs is 2. The molecular formula is C24H30ClN3O. The van der Waals surface area contributed by atoms with Gasteiger partial charge in [-0.3, -0.25) is 0 Å². The molecule has 0 atom stereocenters. The first kappa shape index (κ1) is 20.2. The fourth-order valence-corrected chi connectivity index (χ4v) is 4.87. The van der Waals surface area contributed by atoms with Gasteiger partial charge in [0.05, 0.1) is 23.8 Å². The number of rotatable bonds is 6. The van der Waals surface area contributed by atoms with Crippen LogP contribution in [0.3, 0.4) is 0 Å². The Balaban J connectivity index is 1.68. The van der Waals surface area contributed by atoms with Crippen LogP contribution >= 0.6 is 11.6 Å². The van der Waals surface area contributed by atoms with Crippen molar-refractivity contribution >= 4 is 39.1 Å². The Morgan fingerprint density at radius 1 is 1.00 bits per heavy atom. The minimum Gasteiger partial charge on any atom is -0.497 e. The van der Waals surface area contributed by atoms with Crippen molar-refractivity contribution < 1.29 is 4.74 Å². The van der Waals surface area contributed by atoms with E-state index >= 15 is 0 Å². The Labute approximate surface area is 178 Å². The predicted octanol–water partition coefficient (Wildman–Crippen LogP) is 6.11. The molecule has 3 aromatic rings. The average molecular weight is 412 g/mol. The molecule has 0 spiro atoms. The summed E-state index contributed by atoms with van der Waals surface area (Å²) in [5, 5.41) is 6.80. The Kier molecular flexibility index (Phi) is 6.12. The maximum atomic E-state index is 6.25. The summed E-state index contributed by atoms with van der Waals surface area (Å²) < 4.78 is 5.48. The zero-order valence-electron chi connectivity index (χ0n) is 17.5. The summed E-state index contributed by atoms with van der Waals surface area (Å²) in [6, 6.07) is 13.2. The number of nitrogens with one attached hydrogen (secondary N) is 1. The molecule has 0 saturated heterocycles. The molecule has 2 aromatic carbocycles. The molecule has 1 fully saturated rings. The Morgan fingerprint density at radius 2 is 1.76 bits per heavy atom. The summed E-state index contributed by atoms with van der Waals surface area (Å²) in [6.45, 7) is 6.81. The Hall–Kier alpha value is -2.04. The molecule has 0 radical (unpaired) electrons. The number of pyridine rings is 1. The van der Waals surface area contributed by atoms with Gasteiger partial charge in [-0.25, -0.2) is 4.98 Å². The molecule has 1 saturated carbocycles. The largest absolute Gasteiger partial charge is 0.497 e. The van der Waals surface area contributed by atoms with Gasteiger partial charge >= 0.3 is 0 Å². The van der Waals surface area contributed by atoms with Crippen LogP contribution in [0.25, 0.3) is 21.8 Å². The van der Waals surface area contributed by atoms with Crippen molar-refractivity contribution in [1.82, 2.24) is 9.88 Å². The third-order valence-corrected chi connectivity index (χ3v) is 6.55. The number of ether oxygens (including phenoxy) is 1. The van der Waals surface area contributed by atoms with Crippen LogP contribution in [0.5, 0.6) is 5.75 Å². The quantitative estimate of drug-likeness (QED) is 0.496. The standard InChI is InChI=1S/C24H30ClN3O/c1-4-28(5-2)18-9-7-17(8-10-18)26-24-20-12-6-16(25)14-23(20)27-22-13-11-19(29-3)15-21(22)24/h6,11-15,17-18H,4-5,7-10H2,1-3H3,(H,26,27). The van der Waals surface area contributed by atoms with Crippen LogP contribution in [0.2, 0.25) is 5.02 Å². The minimum absolute atomic E-state index is 0.470. The summed E-state index contributed by atoms with van der Waals surface area (Å²) in [5.41, 5.74) is 3.03. The van der Waals surface area contributed by atoms with Gasteiger partial charge < -0.3 is 15.0 Å². The molecule has 1 aliphatic rings. The highest BCUT2D eigenvalue weighted by molar-refractivity contribution is 6.31. The second-order valence-corrected chi connectivity index (χ2v) is 8.34. The summed E-state index contributed by atoms with van der Waals surface area (Å²) >= 11 is 6.25. The molecule has 0 amide bonds. The number of halogens is 1. The van der Waals surface area contributed by atoms with E-state index in [1.807, 2.05) is 24.3 Å². The number of hydrogen-bond acceptors (Lipinski definition) is 4. The number of aromatic nitrogens is 1. The topological polar surface area (TPSA) is 37.4 Å². The van der Waals surface area contributed by atoms with Crippen LogP contribution in [0, 0.1) is 0 Å². The lowest BCUT2D eigenvalue weighted by atomic mass is 9.89. The average Bonchev–Trinajstić information content (AvgIpc) is 2.75. The monoisotopic (exact) mass is 411 g/mol. The van der Waals surface area contributed by atoms with E-state index in [0.717, 1.165) is 46.3 Å². The molecule has 0 unspecified atom stereocenters. The van der Waals surface area contributed by atoms with Crippen molar-refractivity contribution in [3.8, 4) is 5.75 Å². The molecule has 1 heterocycles. The number of nitrogens with zero attached hydrogens (tertiary/aromatic N) is 2. The molecule has 5 heteroatoms. The number of hydrogen-bond donors (Lipinski definition) is 1. The van der Waals surface area contributed by atoms with Crippen LogP contribution < -0.4 is 10.1 Å². The lowest BCUT2D eigenvalue weighted by Gasteiger charge is -2.36. The highest BCUT2D eigenvalue weighted by Gasteiger charge is 2.25. The van der Waals surface area contributed by atoms with Gasteiger partial charge in [0, 0.05) is 27.9 Å². The molecule has 1 aromatic heterocycles. The van der Waals surface area contributed by atoms with E-state index in [1.54, 1.807) is 7.11 Å². The van der Waals surface area contributed by atoms with Crippen molar-refractivity contribution in [2.75, 3.05) is 25.5 Å². The molecule has 4 nitrogen and oxygen atoms in total. The fourth-order valence-electron chi connectivity index (χ4n) is 4.71. The normalized spacial score (nSPS) is 19.8. The summed E-state index contributed by atoms with van der Waals surface area (Å²) in [5.74, 6) is 0.848. The third kappa shape index (κ3) is 4.15. The van der Waals surface area contributed by atoms with Crippen molar-refractivity contribution in [1.29, 1.82) is 0 Å².